The van der Waals surface area contributed by atoms with Gasteiger partial charge in [0.1, 0.15) is 0 Å². The number of nitrogens with zero attached hydrogens (tertiary/aromatic N) is 2. The number of pyridine rings is 1. The molecular formula is C26H30N2O3. The van der Waals surface area contributed by atoms with E-state index in [1.165, 1.54) is 12.8 Å². The highest BCUT2D eigenvalue weighted by atomic mass is 16.5. The van der Waals surface area contributed by atoms with Gasteiger partial charge in [-0.3, -0.25) is 0 Å². The quantitative estimate of drug-likeness (QED) is 0.417. The Morgan fingerprint density at radius 2 is 1.74 bits per heavy atom. The Labute approximate surface area is 184 Å². The Bertz CT molecular complexity index is 971. The summed E-state index contributed by atoms with van der Waals surface area (Å²) in [7, 11) is 1.69. The van der Waals surface area contributed by atoms with Crippen molar-refractivity contribution in [2.24, 2.45) is 0 Å². The summed E-state index contributed by atoms with van der Waals surface area (Å²) in [6.45, 7) is 3.18. The average molecular weight is 419 g/mol. The van der Waals surface area contributed by atoms with E-state index < -0.39 is 0 Å². The normalized spacial score (nSPS) is 13.7. The van der Waals surface area contributed by atoms with Crippen molar-refractivity contribution in [1.29, 1.82) is 0 Å². The minimum absolute atomic E-state index is 0.261. The molecule has 4 rings (SSSR count). The first-order valence-corrected chi connectivity index (χ1v) is 11.0. The molecule has 1 fully saturated rings. The van der Waals surface area contributed by atoms with Crippen LogP contribution in [0.2, 0.25) is 0 Å². The number of benzene rings is 2. The third-order valence-electron chi connectivity index (χ3n) is 5.58. The first kappa shape index (κ1) is 21.0. The fourth-order valence-corrected chi connectivity index (χ4v) is 4.03. The lowest BCUT2D eigenvalue weighted by Crippen LogP contribution is -2.18. The van der Waals surface area contributed by atoms with Crippen LogP contribution in [0, 0.1) is 0 Å². The standard InChI is InChI=1S/C26H30N2O3/c1-3-30-26-20(10-9-17-27-26)19-28(21-11-5-4-6-12-21)22-15-16-24(29-2)25(18-22)31-23-13-7-8-14-23/h4-6,9-12,15-18,23H,3,7-8,13-14,19H2,1-2H3. The Morgan fingerprint density at radius 1 is 0.935 bits per heavy atom. The van der Waals surface area contributed by atoms with Gasteiger partial charge in [0.05, 0.1) is 26.4 Å². The number of hydrogen-bond acceptors (Lipinski definition) is 5. The molecule has 0 radical (unpaired) electrons. The van der Waals surface area contributed by atoms with Gasteiger partial charge in [-0.1, -0.05) is 24.3 Å². The first-order chi connectivity index (χ1) is 15.3. The van der Waals surface area contributed by atoms with E-state index in [-0.39, 0.29) is 6.10 Å². The van der Waals surface area contributed by atoms with Crippen LogP contribution in [0.4, 0.5) is 11.4 Å². The van der Waals surface area contributed by atoms with E-state index in [1.807, 2.05) is 25.1 Å². The predicted octanol–water partition coefficient (Wildman–Crippen LogP) is 6.15. The summed E-state index contributed by atoms with van der Waals surface area (Å²) in [6, 6.07) is 20.5. The van der Waals surface area contributed by atoms with Gasteiger partial charge in [0.25, 0.3) is 0 Å². The molecule has 1 heterocycles. The maximum atomic E-state index is 6.35. The van der Waals surface area contributed by atoms with Crippen molar-refractivity contribution in [2.75, 3.05) is 18.6 Å². The van der Waals surface area contributed by atoms with Gasteiger partial charge in [0.2, 0.25) is 5.88 Å². The second-order valence-electron chi connectivity index (χ2n) is 7.68. The zero-order valence-corrected chi connectivity index (χ0v) is 18.3. The Hall–Kier alpha value is -3.21. The van der Waals surface area contributed by atoms with E-state index in [1.54, 1.807) is 13.3 Å². The van der Waals surface area contributed by atoms with Gasteiger partial charge < -0.3 is 19.1 Å². The monoisotopic (exact) mass is 418 g/mol. The van der Waals surface area contributed by atoms with Crippen LogP contribution in [0.1, 0.15) is 38.2 Å². The minimum Gasteiger partial charge on any atom is -0.493 e. The van der Waals surface area contributed by atoms with Crippen molar-refractivity contribution in [3.63, 3.8) is 0 Å². The van der Waals surface area contributed by atoms with Crippen molar-refractivity contribution in [3.8, 4) is 17.4 Å². The third kappa shape index (κ3) is 5.10. The van der Waals surface area contributed by atoms with Gasteiger partial charge in [0, 0.05) is 29.2 Å². The average Bonchev–Trinajstić information content (AvgIpc) is 3.32. The first-order valence-electron chi connectivity index (χ1n) is 11.0. The van der Waals surface area contributed by atoms with Crippen LogP contribution >= 0.6 is 0 Å². The molecule has 0 spiro atoms. The van der Waals surface area contributed by atoms with Crippen LogP contribution in [0.5, 0.6) is 17.4 Å². The van der Waals surface area contributed by atoms with E-state index in [0.29, 0.717) is 19.0 Å². The van der Waals surface area contributed by atoms with Crippen LogP contribution in [0.15, 0.2) is 66.9 Å². The number of hydrogen-bond donors (Lipinski definition) is 0. The molecule has 5 nitrogen and oxygen atoms in total. The maximum Gasteiger partial charge on any atom is 0.218 e. The summed E-state index contributed by atoms with van der Waals surface area (Å²) in [5, 5.41) is 0. The fourth-order valence-electron chi connectivity index (χ4n) is 4.03. The van der Waals surface area contributed by atoms with E-state index in [4.69, 9.17) is 14.2 Å². The van der Waals surface area contributed by atoms with Gasteiger partial charge in [-0.15, -0.1) is 0 Å². The zero-order chi connectivity index (χ0) is 21.5. The molecule has 3 aromatic rings. The fraction of sp³-hybridized carbons (Fsp3) is 0.346. The summed E-state index contributed by atoms with van der Waals surface area (Å²) in [4.78, 5) is 6.68. The number of ether oxygens (including phenoxy) is 3. The van der Waals surface area contributed by atoms with Crippen molar-refractivity contribution >= 4 is 11.4 Å². The number of anilines is 2. The Morgan fingerprint density at radius 3 is 2.48 bits per heavy atom. The molecule has 0 atom stereocenters. The molecular weight excluding hydrogens is 388 g/mol. The maximum absolute atomic E-state index is 6.35. The van der Waals surface area contributed by atoms with E-state index >= 15 is 0 Å². The van der Waals surface area contributed by atoms with E-state index in [0.717, 1.165) is 41.3 Å². The second-order valence-corrected chi connectivity index (χ2v) is 7.68. The van der Waals surface area contributed by atoms with Gasteiger partial charge in [-0.05, 0) is 62.9 Å². The summed E-state index contributed by atoms with van der Waals surface area (Å²) in [6.07, 6.45) is 6.68. The molecule has 1 saturated carbocycles. The van der Waals surface area contributed by atoms with Crippen LogP contribution in [-0.4, -0.2) is 24.8 Å². The van der Waals surface area contributed by atoms with Crippen LogP contribution in [0.25, 0.3) is 0 Å². The molecule has 5 heteroatoms. The largest absolute Gasteiger partial charge is 0.493 e. The number of methoxy groups -OCH3 is 1. The van der Waals surface area contributed by atoms with E-state index in [2.05, 4.69) is 52.3 Å². The second kappa shape index (κ2) is 10.2. The van der Waals surface area contributed by atoms with Crippen molar-refractivity contribution in [3.05, 3.63) is 72.4 Å². The predicted molar refractivity (Wildman–Crippen MR) is 124 cm³/mol. The molecule has 162 valence electrons. The summed E-state index contributed by atoms with van der Waals surface area (Å²) >= 11 is 0. The molecule has 2 aromatic carbocycles. The smallest absolute Gasteiger partial charge is 0.218 e. The topological polar surface area (TPSA) is 43.8 Å². The Balaban J connectivity index is 1.70. The number of rotatable bonds is 9. The SMILES string of the molecule is CCOc1ncccc1CN(c1ccccc1)c1ccc(OC)c(OC2CCCC2)c1. The van der Waals surface area contributed by atoms with Crippen LogP contribution < -0.4 is 19.1 Å². The van der Waals surface area contributed by atoms with Crippen molar-refractivity contribution in [1.82, 2.24) is 4.98 Å². The van der Waals surface area contributed by atoms with Crippen molar-refractivity contribution in [2.45, 2.75) is 45.3 Å². The van der Waals surface area contributed by atoms with Crippen molar-refractivity contribution < 1.29 is 14.2 Å². The van der Waals surface area contributed by atoms with Crippen LogP contribution in [-0.2, 0) is 6.54 Å². The molecule has 0 N–H and O–H groups in total. The zero-order valence-electron chi connectivity index (χ0n) is 18.3. The van der Waals surface area contributed by atoms with Gasteiger partial charge in [-0.2, -0.15) is 0 Å². The minimum atomic E-state index is 0.261. The summed E-state index contributed by atoms with van der Waals surface area (Å²) in [5.41, 5.74) is 3.15. The van der Waals surface area contributed by atoms with Gasteiger partial charge in [-0.25, -0.2) is 4.98 Å². The van der Waals surface area contributed by atoms with Gasteiger partial charge >= 0.3 is 0 Å². The van der Waals surface area contributed by atoms with Crippen LogP contribution in [0.3, 0.4) is 0 Å². The van der Waals surface area contributed by atoms with E-state index in [9.17, 15) is 0 Å². The lowest BCUT2D eigenvalue weighted by molar-refractivity contribution is 0.201. The number of aromatic nitrogens is 1. The summed E-state index contributed by atoms with van der Waals surface area (Å²) in [5.74, 6) is 2.23. The highest BCUT2D eigenvalue weighted by Crippen LogP contribution is 2.38. The molecule has 1 aliphatic rings. The molecule has 31 heavy (non-hydrogen) atoms. The molecule has 1 aromatic heterocycles. The highest BCUT2D eigenvalue weighted by molar-refractivity contribution is 5.67. The molecule has 1 aliphatic carbocycles. The molecule has 0 aliphatic heterocycles. The summed E-state index contributed by atoms with van der Waals surface area (Å²) < 4.78 is 17.7. The molecule has 0 bridgehead atoms. The molecule has 0 amide bonds. The third-order valence-corrected chi connectivity index (χ3v) is 5.58. The number of para-hydroxylation sites is 1. The lowest BCUT2D eigenvalue weighted by atomic mass is 10.1. The highest BCUT2D eigenvalue weighted by Gasteiger charge is 2.20. The lowest BCUT2D eigenvalue weighted by Gasteiger charge is -2.27. The molecule has 0 saturated heterocycles. The Kier molecular flexibility index (Phi) is 6.92. The molecule has 0 unspecified atom stereocenters. The van der Waals surface area contributed by atoms with Gasteiger partial charge in [0.15, 0.2) is 11.5 Å².